The van der Waals surface area contributed by atoms with E-state index in [4.69, 9.17) is 9.26 Å². The maximum atomic E-state index is 12.7. The number of rotatable bonds is 5. The average Bonchev–Trinajstić information content (AvgIpc) is 3.33. The topological polar surface area (TPSA) is 97.6 Å². The second-order valence-electron chi connectivity index (χ2n) is 6.76. The van der Waals surface area contributed by atoms with Gasteiger partial charge in [0.05, 0.1) is 25.8 Å². The lowest BCUT2D eigenvalue weighted by Gasteiger charge is -2.26. The molecule has 150 valence electrons. The zero-order valence-electron chi connectivity index (χ0n) is 16.1. The van der Waals surface area contributed by atoms with Gasteiger partial charge in [-0.15, -0.1) is 0 Å². The van der Waals surface area contributed by atoms with E-state index in [1.165, 1.54) is 11.3 Å². The molecule has 2 amide bonds. The summed E-state index contributed by atoms with van der Waals surface area (Å²) < 4.78 is 10.1. The van der Waals surface area contributed by atoms with Crippen molar-refractivity contribution < 1.29 is 18.8 Å². The highest BCUT2D eigenvalue weighted by atomic mass is 32.1. The Morgan fingerprint density at radius 2 is 2.10 bits per heavy atom. The van der Waals surface area contributed by atoms with Gasteiger partial charge in [-0.05, 0) is 24.6 Å². The Hall–Kier alpha value is -3.20. The van der Waals surface area contributed by atoms with Crippen molar-refractivity contribution >= 4 is 28.3 Å². The van der Waals surface area contributed by atoms with Crippen LogP contribution in [0.15, 0.2) is 34.9 Å². The molecule has 8 nitrogen and oxygen atoms in total. The van der Waals surface area contributed by atoms with E-state index >= 15 is 0 Å². The van der Waals surface area contributed by atoms with Crippen molar-refractivity contribution in [2.24, 2.45) is 0 Å². The van der Waals surface area contributed by atoms with Crippen LogP contribution in [0.3, 0.4) is 0 Å². The van der Waals surface area contributed by atoms with E-state index in [0.717, 1.165) is 21.9 Å². The molecular weight excluding hydrogens is 392 g/mol. The number of fused-ring (bicyclic) bond motifs is 1. The molecule has 0 saturated carbocycles. The first-order valence-electron chi connectivity index (χ1n) is 9.16. The standard InChI is InChI=1S/C20H20N4O4S/c1-12-9-16(23-28-12)19(26)22-20-21-15-7-8-24(11-17(15)29-20)18(25)10-13-3-5-14(27-2)6-4-13/h3-6,9H,7-8,10-11H2,1-2H3,(H,21,22,26). The number of hydrogen-bond acceptors (Lipinski definition) is 7. The zero-order valence-corrected chi connectivity index (χ0v) is 16.9. The molecule has 0 spiro atoms. The lowest BCUT2D eigenvalue weighted by Crippen LogP contribution is -2.36. The smallest absolute Gasteiger partial charge is 0.279 e. The van der Waals surface area contributed by atoms with E-state index in [0.29, 0.717) is 36.8 Å². The number of anilines is 1. The third kappa shape index (κ3) is 4.29. The maximum absolute atomic E-state index is 12.7. The maximum Gasteiger partial charge on any atom is 0.279 e. The van der Waals surface area contributed by atoms with Gasteiger partial charge in [-0.3, -0.25) is 14.9 Å². The molecule has 1 aliphatic rings. The van der Waals surface area contributed by atoms with Crippen LogP contribution in [-0.4, -0.2) is 40.5 Å². The highest BCUT2D eigenvalue weighted by molar-refractivity contribution is 7.15. The fourth-order valence-corrected chi connectivity index (χ4v) is 4.15. The molecule has 0 unspecified atom stereocenters. The number of carbonyl (C=O) groups excluding carboxylic acids is 2. The van der Waals surface area contributed by atoms with Gasteiger partial charge in [-0.25, -0.2) is 4.98 Å². The molecule has 2 aromatic heterocycles. The van der Waals surface area contributed by atoms with Crippen LogP contribution in [0, 0.1) is 6.92 Å². The monoisotopic (exact) mass is 412 g/mol. The number of hydrogen-bond donors (Lipinski definition) is 1. The first-order valence-corrected chi connectivity index (χ1v) is 9.97. The molecule has 9 heteroatoms. The van der Waals surface area contributed by atoms with E-state index in [1.54, 1.807) is 20.1 Å². The Balaban J connectivity index is 1.39. The molecule has 4 rings (SSSR count). The minimum absolute atomic E-state index is 0.0675. The summed E-state index contributed by atoms with van der Waals surface area (Å²) >= 11 is 1.39. The highest BCUT2D eigenvalue weighted by Crippen LogP contribution is 2.29. The van der Waals surface area contributed by atoms with Crippen molar-refractivity contribution in [3.05, 3.63) is 57.9 Å². The summed E-state index contributed by atoms with van der Waals surface area (Å²) in [5.74, 6) is 1.04. The Bertz CT molecular complexity index is 1040. The molecule has 0 bridgehead atoms. The fourth-order valence-electron chi connectivity index (χ4n) is 3.13. The Kier molecular flexibility index (Phi) is 5.30. The van der Waals surface area contributed by atoms with Crippen molar-refractivity contribution in [3.8, 4) is 5.75 Å². The number of nitrogens with one attached hydrogen (secondary N) is 1. The normalized spacial score (nSPS) is 13.1. The number of methoxy groups -OCH3 is 1. The molecule has 1 aromatic carbocycles. The fraction of sp³-hybridized carbons (Fsp3) is 0.300. The summed E-state index contributed by atoms with van der Waals surface area (Å²) in [7, 11) is 1.62. The zero-order chi connectivity index (χ0) is 20.4. The van der Waals surface area contributed by atoms with Gasteiger partial charge in [-0.2, -0.15) is 0 Å². The number of ether oxygens (including phenoxy) is 1. The van der Waals surface area contributed by atoms with Crippen LogP contribution in [0.1, 0.15) is 32.4 Å². The predicted octanol–water partition coefficient (Wildman–Crippen LogP) is 2.83. The molecule has 0 radical (unpaired) electrons. The molecule has 0 saturated heterocycles. The Labute approximate surface area is 171 Å². The first-order chi connectivity index (χ1) is 14.0. The van der Waals surface area contributed by atoms with Gasteiger partial charge >= 0.3 is 0 Å². The van der Waals surface area contributed by atoms with Crippen molar-refractivity contribution in [1.82, 2.24) is 15.0 Å². The number of nitrogens with zero attached hydrogens (tertiary/aromatic N) is 3. The quantitative estimate of drug-likeness (QED) is 0.692. The minimum atomic E-state index is -0.361. The van der Waals surface area contributed by atoms with Gasteiger partial charge in [0, 0.05) is 23.9 Å². The molecule has 3 heterocycles. The number of carbonyl (C=O) groups is 2. The molecular formula is C20H20N4O4S. The predicted molar refractivity (Wildman–Crippen MR) is 107 cm³/mol. The van der Waals surface area contributed by atoms with Crippen molar-refractivity contribution in [3.63, 3.8) is 0 Å². The van der Waals surface area contributed by atoms with Crippen molar-refractivity contribution in [1.29, 1.82) is 0 Å². The lowest BCUT2D eigenvalue weighted by molar-refractivity contribution is -0.131. The van der Waals surface area contributed by atoms with Gasteiger partial charge in [-0.1, -0.05) is 28.6 Å². The summed E-state index contributed by atoms with van der Waals surface area (Å²) in [5, 5.41) is 6.97. The molecule has 3 aromatic rings. The van der Waals surface area contributed by atoms with Gasteiger partial charge in [0.2, 0.25) is 5.91 Å². The highest BCUT2D eigenvalue weighted by Gasteiger charge is 2.25. The Morgan fingerprint density at radius 3 is 2.79 bits per heavy atom. The van der Waals surface area contributed by atoms with Crippen LogP contribution in [0.5, 0.6) is 5.75 Å². The molecule has 29 heavy (non-hydrogen) atoms. The largest absolute Gasteiger partial charge is 0.497 e. The van der Waals surface area contributed by atoms with E-state index in [-0.39, 0.29) is 17.5 Å². The van der Waals surface area contributed by atoms with Crippen molar-refractivity contribution in [2.45, 2.75) is 26.3 Å². The number of benzene rings is 1. The van der Waals surface area contributed by atoms with Gasteiger partial charge < -0.3 is 14.2 Å². The Morgan fingerprint density at radius 1 is 1.31 bits per heavy atom. The van der Waals surface area contributed by atoms with Crippen LogP contribution in [0.2, 0.25) is 0 Å². The van der Waals surface area contributed by atoms with Crippen LogP contribution >= 0.6 is 11.3 Å². The van der Waals surface area contributed by atoms with E-state index in [1.807, 2.05) is 29.2 Å². The van der Waals surface area contributed by atoms with Crippen LogP contribution in [0.4, 0.5) is 5.13 Å². The average molecular weight is 412 g/mol. The number of aromatic nitrogens is 2. The third-order valence-corrected chi connectivity index (χ3v) is 5.68. The van der Waals surface area contributed by atoms with Gasteiger partial charge in [0.25, 0.3) is 5.91 Å². The second kappa shape index (κ2) is 8.04. The molecule has 0 atom stereocenters. The van der Waals surface area contributed by atoms with Crippen molar-refractivity contribution in [2.75, 3.05) is 19.0 Å². The van der Waals surface area contributed by atoms with Crippen LogP contribution < -0.4 is 10.1 Å². The summed E-state index contributed by atoms with van der Waals surface area (Å²) in [6.45, 7) is 2.84. The summed E-state index contributed by atoms with van der Waals surface area (Å²) in [5.41, 5.74) is 2.09. The van der Waals surface area contributed by atoms with Crippen LogP contribution in [-0.2, 0) is 24.2 Å². The first kappa shape index (κ1) is 19.1. The third-order valence-electron chi connectivity index (χ3n) is 4.68. The second-order valence-corrected chi connectivity index (χ2v) is 7.84. The van der Waals surface area contributed by atoms with Gasteiger partial charge in [0.15, 0.2) is 10.8 Å². The lowest BCUT2D eigenvalue weighted by atomic mass is 10.1. The summed E-state index contributed by atoms with van der Waals surface area (Å²) in [6.07, 6.45) is 1.01. The SMILES string of the molecule is COc1ccc(CC(=O)N2CCc3nc(NC(=O)c4cc(C)on4)sc3C2)cc1. The van der Waals surface area contributed by atoms with Gasteiger partial charge in [0.1, 0.15) is 11.5 Å². The summed E-state index contributed by atoms with van der Waals surface area (Å²) in [6, 6.07) is 9.08. The summed E-state index contributed by atoms with van der Waals surface area (Å²) in [4.78, 5) is 32.2. The van der Waals surface area contributed by atoms with E-state index in [9.17, 15) is 9.59 Å². The number of aryl methyl sites for hydroxylation is 1. The number of amides is 2. The minimum Gasteiger partial charge on any atom is -0.497 e. The van der Waals surface area contributed by atoms with Crippen LogP contribution in [0.25, 0.3) is 0 Å². The molecule has 1 aliphatic heterocycles. The van der Waals surface area contributed by atoms with E-state index in [2.05, 4.69) is 15.5 Å². The molecule has 1 N–H and O–H groups in total. The molecule has 0 aliphatic carbocycles. The number of thiazole rings is 1. The molecule has 0 fully saturated rings. The van der Waals surface area contributed by atoms with E-state index < -0.39 is 0 Å².